The van der Waals surface area contributed by atoms with Gasteiger partial charge in [-0.25, -0.2) is 0 Å². The largest absolute Gasteiger partial charge is 0.352 e. The predicted molar refractivity (Wildman–Crippen MR) is 64.6 cm³/mol. The van der Waals surface area contributed by atoms with Crippen molar-refractivity contribution in [2.45, 2.75) is 46.6 Å². The minimum atomic E-state index is 0.139. The van der Waals surface area contributed by atoms with E-state index in [0.29, 0.717) is 5.92 Å². The number of carbonyl (C=O) groups is 1. The molecule has 0 aromatic carbocycles. The van der Waals surface area contributed by atoms with Crippen molar-refractivity contribution in [2.24, 2.45) is 11.8 Å². The maximum atomic E-state index is 11.7. The standard InChI is InChI=1S/C11H22BrNO/c1-5-6-9(4)11(14)13-10(7-12)8(2)3/h8-10H,5-7H2,1-4H3,(H,13,14). The Hall–Kier alpha value is -0.0500. The second-order valence-electron chi connectivity index (χ2n) is 4.20. The number of hydrogen-bond acceptors (Lipinski definition) is 1. The molecular weight excluding hydrogens is 242 g/mol. The Kier molecular flexibility index (Phi) is 7.24. The summed E-state index contributed by atoms with van der Waals surface area (Å²) >= 11 is 3.42. The molecule has 0 aromatic rings. The fourth-order valence-electron chi connectivity index (χ4n) is 1.27. The van der Waals surface area contributed by atoms with Crippen molar-refractivity contribution in [3.8, 4) is 0 Å². The van der Waals surface area contributed by atoms with E-state index in [1.54, 1.807) is 0 Å². The van der Waals surface area contributed by atoms with Crippen LogP contribution in [-0.4, -0.2) is 17.3 Å². The van der Waals surface area contributed by atoms with Gasteiger partial charge >= 0.3 is 0 Å². The van der Waals surface area contributed by atoms with Crippen LogP contribution in [0.1, 0.15) is 40.5 Å². The first-order valence-electron chi connectivity index (χ1n) is 5.39. The van der Waals surface area contributed by atoms with Gasteiger partial charge in [0.2, 0.25) is 5.91 Å². The number of halogens is 1. The van der Waals surface area contributed by atoms with Gasteiger partial charge in [-0.15, -0.1) is 0 Å². The average Bonchev–Trinajstić information content (AvgIpc) is 2.13. The molecule has 2 nitrogen and oxygen atoms in total. The highest BCUT2D eigenvalue weighted by molar-refractivity contribution is 9.09. The Morgan fingerprint density at radius 1 is 1.36 bits per heavy atom. The molecule has 0 bridgehead atoms. The van der Waals surface area contributed by atoms with E-state index >= 15 is 0 Å². The van der Waals surface area contributed by atoms with Crippen molar-refractivity contribution < 1.29 is 4.79 Å². The monoisotopic (exact) mass is 263 g/mol. The van der Waals surface area contributed by atoms with Gasteiger partial charge in [0.25, 0.3) is 0 Å². The molecule has 0 rings (SSSR count). The molecule has 0 heterocycles. The van der Waals surface area contributed by atoms with E-state index in [1.165, 1.54) is 0 Å². The number of carbonyl (C=O) groups excluding carboxylic acids is 1. The van der Waals surface area contributed by atoms with Crippen LogP contribution in [0.2, 0.25) is 0 Å². The van der Waals surface area contributed by atoms with Crippen LogP contribution in [0.5, 0.6) is 0 Å². The molecule has 14 heavy (non-hydrogen) atoms. The molecule has 1 amide bonds. The van der Waals surface area contributed by atoms with Gasteiger partial charge in [-0.1, -0.05) is 50.0 Å². The third-order valence-corrected chi connectivity index (χ3v) is 3.17. The number of hydrogen-bond donors (Lipinski definition) is 1. The van der Waals surface area contributed by atoms with Gasteiger partial charge in [0.1, 0.15) is 0 Å². The lowest BCUT2D eigenvalue weighted by atomic mass is 10.0. The maximum absolute atomic E-state index is 11.7. The predicted octanol–water partition coefficient (Wildman–Crippen LogP) is 2.96. The van der Waals surface area contributed by atoms with E-state index in [4.69, 9.17) is 0 Å². The third kappa shape index (κ3) is 4.99. The molecule has 2 atom stereocenters. The summed E-state index contributed by atoms with van der Waals surface area (Å²) in [7, 11) is 0. The highest BCUT2D eigenvalue weighted by atomic mass is 79.9. The lowest BCUT2D eigenvalue weighted by Crippen LogP contribution is -2.42. The minimum absolute atomic E-state index is 0.139. The van der Waals surface area contributed by atoms with E-state index in [1.807, 2.05) is 6.92 Å². The summed E-state index contributed by atoms with van der Waals surface area (Å²) < 4.78 is 0. The number of nitrogens with one attached hydrogen (secondary N) is 1. The van der Waals surface area contributed by atoms with Crippen molar-refractivity contribution in [1.29, 1.82) is 0 Å². The second-order valence-corrected chi connectivity index (χ2v) is 4.85. The van der Waals surface area contributed by atoms with Gasteiger partial charge in [-0.05, 0) is 12.3 Å². The first-order valence-corrected chi connectivity index (χ1v) is 6.51. The van der Waals surface area contributed by atoms with Crippen LogP contribution in [0, 0.1) is 11.8 Å². The zero-order valence-electron chi connectivity index (χ0n) is 9.64. The van der Waals surface area contributed by atoms with Crippen molar-refractivity contribution >= 4 is 21.8 Å². The maximum Gasteiger partial charge on any atom is 0.223 e. The summed E-state index contributed by atoms with van der Waals surface area (Å²) in [5.41, 5.74) is 0. The van der Waals surface area contributed by atoms with Crippen molar-refractivity contribution in [3.63, 3.8) is 0 Å². The molecule has 0 aliphatic carbocycles. The molecule has 0 aliphatic rings. The van der Waals surface area contributed by atoms with Crippen molar-refractivity contribution in [1.82, 2.24) is 5.32 Å². The lowest BCUT2D eigenvalue weighted by molar-refractivity contribution is -0.125. The van der Waals surface area contributed by atoms with E-state index in [9.17, 15) is 4.79 Å². The molecule has 0 spiro atoms. The Morgan fingerprint density at radius 2 is 1.93 bits per heavy atom. The normalized spacial score (nSPS) is 15.3. The van der Waals surface area contributed by atoms with E-state index in [-0.39, 0.29) is 17.9 Å². The molecule has 1 N–H and O–H groups in total. The Labute approximate surface area is 96.0 Å². The fourth-order valence-corrected chi connectivity index (χ4v) is 2.18. The van der Waals surface area contributed by atoms with Crippen LogP contribution < -0.4 is 5.32 Å². The highest BCUT2D eigenvalue weighted by Crippen LogP contribution is 2.09. The molecule has 0 saturated carbocycles. The summed E-state index contributed by atoms with van der Waals surface area (Å²) in [5.74, 6) is 0.803. The zero-order valence-corrected chi connectivity index (χ0v) is 11.2. The summed E-state index contributed by atoms with van der Waals surface area (Å²) in [4.78, 5) is 11.7. The van der Waals surface area contributed by atoms with Crippen molar-refractivity contribution in [3.05, 3.63) is 0 Å². The van der Waals surface area contributed by atoms with E-state index < -0.39 is 0 Å². The van der Waals surface area contributed by atoms with Gasteiger partial charge in [-0.2, -0.15) is 0 Å². The fraction of sp³-hybridized carbons (Fsp3) is 0.909. The van der Waals surface area contributed by atoms with Crippen LogP contribution >= 0.6 is 15.9 Å². The number of rotatable bonds is 6. The number of alkyl halides is 1. The van der Waals surface area contributed by atoms with Crippen LogP contribution in [0.15, 0.2) is 0 Å². The van der Waals surface area contributed by atoms with Gasteiger partial charge < -0.3 is 5.32 Å². The highest BCUT2D eigenvalue weighted by Gasteiger charge is 2.18. The van der Waals surface area contributed by atoms with Gasteiger partial charge in [0.05, 0.1) is 0 Å². The first-order chi connectivity index (χ1) is 6.52. The van der Waals surface area contributed by atoms with Crippen LogP contribution in [0.3, 0.4) is 0 Å². The third-order valence-electron chi connectivity index (χ3n) is 2.47. The summed E-state index contributed by atoms with van der Waals surface area (Å²) in [5, 5.41) is 3.89. The SMILES string of the molecule is CCCC(C)C(=O)NC(CBr)C(C)C. The molecule has 3 heteroatoms. The molecule has 0 aromatic heterocycles. The average molecular weight is 264 g/mol. The molecule has 84 valence electrons. The number of amides is 1. The van der Waals surface area contributed by atoms with Crippen LogP contribution in [0.25, 0.3) is 0 Å². The van der Waals surface area contributed by atoms with Gasteiger partial charge in [0, 0.05) is 17.3 Å². The summed E-state index contributed by atoms with van der Waals surface area (Å²) in [6, 6.07) is 0.252. The molecule has 0 saturated heterocycles. The summed E-state index contributed by atoms with van der Waals surface area (Å²) in [6.07, 6.45) is 2.04. The van der Waals surface area contributed by atoms with Gasteiger partial charge in [-0.3, -0.25) is 4.79 Å². The Morgan fingerprint density at radius 3 is 2.29 bits per heavy atom. The second kappa shape index (κ2) is 7.27. The summed E-state index contributed by atoms with van der Waals surface area (Å²) in [6.45, 7) is 8.34. The smallest absolute Gasteiger partial charge is 0.223 e. The molecule has 2 unspecified atom stereocenters. The van der Waals surface area contributed by atoms with Gasteiger partial charge in [0.15, 0.2) is 0 Å². The van der Waals surface area contributed by atoms with E-state index in [0.717, 1.165) is 18.2 Å². The quantitative estimate of drug-likeness (QED) is 0.734. The zero-order chi connectivity index (χ0) is 11.1. The Bertz CT molecular complexity index is 171. The van der Waals surface area contributed by atoms with E-state index in [2.05, 4.69) is 42.0 Å². The topological polar surface area (TPSA) is 29.1 Å². The van der Waals surface area contributed by atoms with Crippen molar-refractivity contribution in [2.75, 3.05) is 5.33 Å². The molecule has 0 fully saturated rings. The van der Waals surface area contributed by atoms with Crippen LogP contribution in [0.4, 0.5) is 0 Å². The molecule has 0 radical (unpaired) electrons. The Balaban J connectivity index is 4.01. The molecular formula is C11H22BrNO. The first kappa shape index (κ1) is 13.9. The van der Waals surface area contributed by atoms with Crippen LogP contribution in [-0.2, 0) is 4.79 Å². The minimum Gasteiger partial charge on any atom is -0.352 e. The lowest BCUT2D eigenvalue weighted by Gasteiger charge is -2.22. The molecule has 0 aliphatic heterocycles.